The summed E-state index contributed by atoms with van der Waals surface area (Å²) in [6.45, 7) is 10.5. The van der Waals surface area contributed by atoms with Crippen LogP contribution >= 0.6 is 0 Å². The van der Waals surface area contributed by atoms with Crippen LogP contribution in [0.5, 0.6) is 0 Å². The second-order valence-corrected chi connectivity index (χ2v) is 7.50. The van der Waals surface area contributed by atoms with Crippen LogP contribution in [0.25, 0.3) is 0 Å². The molecule has 0 heterocycles. The first-order chi connectivity index (χ1) is 11.1. The topological polar surface area (TPSA) is 78.4 Å². The molecule has 0 aromatic heterocycles. The van der Waals surface area contributed by atoms with Gasteiger partial charge in [0.15, 0.2) is 0 Å². The van der Waals surface area contributed by atoms with Gasteiger partial charge in [0.2, 0.25) is 5.91 Å². The Hall–Kier alpha value is -1.88. The van der Waals surface area contributed by atoms with Gasteiger partial charge >= 0.3 is 0 Å². The molecule has 1 aromatic carbocycles. The number of amides is 2. The fraction of sp³-hybridized carbons (Fsp3) is 0.579. The van der Waals surface area contributed by atoms with E-state index in [4.69, 9.17) is 0 Å². The van der Waals surface area contributed by atoms with Crippen molar-refractivity contribution in [2.45, 2.75) is 52.6 Å². The minimum atomic E-state index is -0.382. The second kappa shape index (κ2) is 8.83. The SMILES string of the molecule is CC(O)CC(C)CNC(=O)CNC(=O)c1ccc(C(C)(C)C)cc1. The van der Waals surface area contributed by atoms with Gasteiger partial charge in [-0.3, -0.25) is 9.59 Å². The molecule has 2 amide bonds. The van der Waals surface area contributed by atoms with Gasteiger partial charge in [0, 0.05) is 12.1 Å². The lowest BCUT2D eigenvalue weighted by atomic mass is 9.87. The van der Waals surface area contributed by atoms with Crippen LogP contribution in [0, 0.1) is 5.92 Å². The van der Waals surface area contributed by atoms with Gasteiger partial charge in [-0.05, 0) is 42.4 Å². The van der Waals surface area contributed by atoms with E-state index in [1.54, 1.807) is 19.1 Å². The van der Waals surface area contributed by atoms with Gasteiger partial charge in [0.05, 0.1) is 12.6 Å². The highest BCUT2D eigenvalue weighted by molar-refractivity contribution is 5.96. The van der Waals surface area contributed by atoms with Crippen LogP contribution in [0.15, 0.2) is 24.3 Å². The molecule has 134 valence electrons. The fourth-order valence-electron chi connectivity index (χ4n) is 2.40. The van der Waals surface area contributed by atoms with Gasteiger partial charge in [-0.25, -0.2) is 0 Å². The number of hydrogen-bond acceptors (Lipinski definition) is 3. The van der Waals surface area contributed by atoms with Crippen molar-refractivity contribution >= 4 is 11.8 Å². The second-order valence-electron chi connectivity index (χ2n) is 7.50. The normalized spacial score (nSPS) is 13.9. The van der Waals surface area contributed by atoms with E-state index >= 15 is 0 Å². The summed E-state index contributed by atoms with van der Waals surface area (Å²) in [6, 6.07) is 7.43. The van der Waals surface area contributed by atoms with E-state index in [9.17, 15) is 14.7 Å². The van der Waals surface area contributed by atoms with Crippen molar-refractivity contribution in [3.05, 3.63) is 35.4 Å². The van der Waals surface area contributed by atoms with Crippen LogP contribution < -0.4 is 10.6 Å². The Morgan fingerprint density at radius 2 is 1.67 bits per heavy atom. The van der Waals surface area contributed by atoms with Crippen molar-refractivity contribution in [2.24, 2.45) is 5.92 Å². The van der Waals surface area contributed by atoms with Crippen LogP contribution in [0.2, 0.25) is 0 Å². The summed E-state index contributed by atoms with van der Waals surface area (Å²) in [5, 5.41) is 14.7. The average molecular weight is 334 g/mol. The zero-order valence-electron chi connectivity index (χ0n) is 15.3. The van der Waals surface area contributed by atoms with Gasteiger partial charge < -0.3 is 15.7 Å². The number of carbonyl (C=O) groups is 2. The monoisotopic (exact) mass is 334 g/mol. The van der Waals surface area contributed by atoms with Gasteiger partial charge in [-0.1, -0.05) is 39.8 Å². The summed E-state index contributed by atoms with van der Waals surface area (Å²) in [5.74, 6) is -0.302. The van der Waals surface area contributed by atoms with E-state index in [-0.39, 0.29) is 35.8 Å². The quantitative estimate of drug-likeness (QED) is 0.715. The molecule has 0 radical (unpaired) electrons. The first-order valence-electron chi connectivity index (χ1n) is 8.43. The predicted molar refractivity (Wildman–Crippen MR) is 95.9 cm³/mol. The highest BCUT2D eigenvalue weighted by Gasteiger charge is 2.15. The number of benzene rings is 1. The molecule has 0 saturated carbocycles. The fourth-order valence-corrected chi connectivity index (χ4v) is 2.40. The predicted octanol–water partition coefficient (Wildman–Crippen LogP) is 2.24. The standard InChI is InChI=1S/C19H30N2O3/c1-13(10-14(2)22)11-20-17(23)12-21-18(24)15-6-8-16(9-7-15)19(3,4)5/h6-9,13-14,22H,10-12H2,1-5H3,(H,20,23)(H,21,24). The number of aliphatic hydroxyl groups excluding tert-OH is 1. The van der Waals surface area contributed by atoms with E-state index in [1.165, 1.54) is 0 Å². The summed E-state index contributed by atoms with van der Waals surface area (Å²) in [7, 11) is 0. The highest BCUT2D eigenvalue weighted by atomic mass is 16.3. The number of nitrogens with one attached hydrogen (secondary N) is 2. The Morgan fingerprint density at radius 1 is 1.08 bits per heavy atom. The van der Waals surface area contributed by atoms with E-state index in [0.29, 0.717) is 18.5 Å². The molecule has 5 nitrogen and oxygen atoms in total. The summed E-state index contributed by atoms with van der Waals surface area (Å²) >= 11 is 0. The summed E-state index contributed by atoms with van der Waals surface area (Å²) in [6.07, 6.45) is 0.250. The molecule has 1 rings (SSSR count). The Balaban J connectivity index is 2.41. The number of aliphatic hydroxyl groups is 1. The first-order valence-corrected chi connectivity index (χ1v) is 8.43. The molecular weight excluding hydrogens is 304 g/mol. The van der Waals surface area contributed by atoms with Gasteiger partial charge in [-0.2, -0.15) is 0 Å². The zero-order valence-corrected chi connectivity index (χ0v) is 15.3. The lowest BCUT2D eigenvalue weighted by Gasteiger charge is -2.19. The molecular formula is C19H30N2O3. The number of hydrogen-bond donors (Lipinski definition) is 3. The van der Waals surface area contributed by atoms with Crippen molar-refractivity contribution in [2.75, 3.05) is 13.1 Å². The van der Waals surface area contributed by atoms with Crippen LogP contribution in [-0.4, -0.2) is 36.1 Å². The maximum Gasteiger partial charge on any atom is 0.251 e. The van der Waals surface area contributed by atoms with Crippen LogP contribution in [0.4, 0.5) is 0 Å². The Morgan fingerprint density at radius 3 is 2.17 bits per heavy atom. The van der Waals surface area contributed by atoms with Crippen LogP contribution in [0.3, 0.4) is 0 Å². The molecule has 24 heavy (non-hydrogen) atoms. The van der Waals surface area contributed by atoms with Crippen molar-refractivity contribution in [1.82, 2.24) is 10.6 Å². The summed E-state index contributed by atoms with van der Waals surface area (Å²) in [5.41, 5.74) is 1.74. The third-order valence-electron chi connectivity index (χ3n) is 3.81. The smallest absolute Gasteiger partial charge is 0.251 e. The highest BCUT2D eigenvalue weighted by Crippen LogP contribution is 2.22. The first kappa shape index (κ1) is 20.2. The molecule has 5 heteroatoms. The molecule has 0 fully saturated rings. The zero-order chi connectivity index (χ0) is 18.3. The maximum absolute atomic E-state index is 12.1. The van der Waals surface area contributed by atoms with Crippen molar-refractivity contribution < 1.29 is 14.7 Å². The number of rotatable bonds is 7. The molecule has 0 aliphatic heterocycles. The van der Waals surface area contributed by atoms with E-state index < -0.39 is 0 Å². The Labute approximate surface area is 144 Å². The minimum absolute atomic E-state index is 0.0393. The van der Waals surface area contributed by atoms with E-state index in [2.05, 4.69) is 31.4 Å². The number of carbonyl (C=O) groups excluding carboxylic acids is 2. The molecule has 0 aliphatic rings. The third kappa shape index (κ3) is 7.13. The Bertz CT molecular complexity index is 545. The van der Waals surface area contributed by atoms with Crippen molar-refractivity contribution in [3.8, 4) is 0 Å². The molecule has 2 unspecified atom stereocenters. The van der Waals surface area contributed by atoms with E-state index in [0.717, 1.165) is 5.56 Å². The molecule has 0 aliphatic carbocycles. The molecule has 0 spiro atoms. The third-order valence-corrected chi connectivity index (χ3v) is 3.81. The van der Waals surface area contributed by atoms with Crippen LogP contribution in [0.1, 0.15) is 57.0 Å². The van der Waals surface area contributed by atoms with Crippen molar-refractivity contribution in [1.29, 1.82) is 0 Å². The maximum atomic E-state index is 12.1. The molecule has 0 bridgehead atoms. The van der Waals surface area contributed by atoms with E-state index in [1.807, 2.05) is 19.1 Å². The van der Waals surface area contributed by atoms with Crippen LogP contribution in [-0.2, 0) is 10.2 Å². The molecule has 2 atom stereocenters. The Kier molecular flexibility index (Phi) is 7.42. The van der Waals surface area contributed by atoms with Gasteiger partial charge in [0.1, 0.15) is 0 Å². The molecule has 3 N–H and O–H groups in total. The largest absolute Gasteiger partial charge is 0.393 e. The lowest BCUT2D eigenvalue weighted by Crippen LogP contribution is -2.38. The minimum Gasteiger partial charge on any atom is -0.393 e. The van der Waals surface area contributed by atoms with Gasteiger partial charge in [0.25, 0.3) is 5.91 Å². The summed E-state index contributed by atoms with van der Waals surface area (Å²) < 4.78 is 0. The molecule has 0 saturated heterocycles. The lowest BCUT2D eigenvalue weighted by molar-refractivity contribution is -0.120. The van der Waals surface area contributed by atoms with Crippen molar-refractivity contribution in [3.63, 3.8) is 0 Å². The van der Waals surface area contributed by atoms with Gasteiger partial charge in [-0.15, -0.1) is 0 Å². The summed E-state index contributed by atoms with van der Waals surface area (Å²) in [4.78, 5) is 23.8. The average Bonchev–Trinajstić information content (AvgIpc) is 2.49. The molecule has 1 aromatic rings.